The second-order valence-electron chi connectivity index (χ2n) is 3.83. The van der Waals surface area contributed by atoms with E-state index in [9.17, 15) is 4.79 Å². The van der Waals surface area contributed by atoms with Crippen molar-refractivity contribution in [2.45, 2.75) is 20.0 Å². The van der Waals surface area contributed by atoms with E-state index in [1.165, 1.54) is 0 Å². The highest BCUT2D eigenvalue weighted by atomic mass is 127. The van der Waals surface area contributed by atoms with E-state index in [4.69, 9.17) is 0 Å². The molecule has 1 amide bonds. The summed E-state index contributed by atoms with van der Waals surface area (Å²) in [5, 5.41) is 7.19. The molecule has 4 nitrogen and oxygen atoms in total. The van der Waals surface area contributed by atoms with E-state index in [0.29, 0.717) is 12.1 Å². The number of amides is 1. The van der Waals surface area contributed by atoms with Crippen LogP contribution in [0.2, 0.25) is 0 Å². The Kier molecular flexibility index (Phi) is 4.35. The van der Waals surface area contributed by atoms with Crippen molar-refractivity contribution in [2.75, 3.05) is 0 Å². The molecular formula is C13H14IN3O. The number of nitrogens with zero attached hydrogens (tertiary/aromatic N) is 2. The van der Waals surface area contributed by atoms with Crippen LogP contribution in [0.15, 0.2) is 36.5 Å². The van der Waals surface area contributed by atoms with Gasteiger partial charge in [-0.05, 0) is 47.7 Å². The SMILES string of the molecule is CCn1ccc(CNC(=O)c2ccccc2I)n1. The van der Waals surface area contributed by atoms with Gasteiger partial charge in [0.05, 0.1) is 17.8 Å². The first-order chi connectivity index (χ1) is 8.70. The average molecular weight is 355 g/mol. The number of benzene rings is 1. The van der Waals surface area contributed by atoms with Gasteiger partial charge in [0, 0.05) is 16.3 Å². The van der Waals surface area contributed by atoms with E-state index in [0.717, 1.165) is 15.8 Å². The maximum absolute atomic E-state index is 12.0. The van der Waals surface area contributed by atoms with E-state index in [2.05, 4.69) is 33.0 Å². The molecule has 0 bridgehead atoms. The highest BCUT2D eigenvalue weighted by Crippen LogP contribution is 2.11. The summed E-state index contributed by atoms with van der Waals surface area (Å²) in [4.78, 5) is 12.0. The molecule has 0 saturated heterocycles. The molecule has 1 heterocycles. The van der Waals surface area contributed by atoms with Crippen LogP contribution in [0.25, 0.3) is 0 Å². The molecule has 0 atom stereocenters. The maximum Gasteiger partial charge on any atom is 0.252 e. The van der Waals surface area contributed by atoms with E-state index in [-0.39, 0.29) is 5.91 Å². The molecule has 0 unspecified atom stereocenters. The summed E-state index contributed by atoms with van der Waals surface area (Å²) < 4.78 is 2.79. The Morgan fingerprint density at radius 1 is 1.39 bits per heavy atom. The molecule has 5 heteroatoms. The van der Waals surface area contributed by atoms with Gasteiger partial charge in [-0.1, -0.05) is 12.1 Å². The van der Waals surface area contributed by atoms with Crippen molar-refractivity contribution >= 4 is 28.5 Å². The Balaban J connectivity index is 1.98. The molecule has 94 valence electrons. The third kappa shape index (κ3) is 3.10. The molecule has 18 heavy (non-hydrogen) atoms. The number of halogens is 1. The maximum atomic E-state index is 12.0. The number of rotatable bonds is 4. The minimum Gasteiger partial charge on any atom is -0.346 e. The zero-order valence-corrected chi connectivity index (χ0v) is 12.2. The Bertz CT molecular complexity index is 551. The van der Waals surface area contributed by atoms with Gasteiger partial charge in [-0.25, -0.2) is 0 Å². The Labute approximate surface area is 120 Å². The van der Waals surface area contributed by atoms with Crippen molar-refractivity contribution in [3.8, 4) is 0 Å². The Morgan fingerprint density at radius 2 is 2.17 bits per heavy atom. The zero-order chi connectivity index (χ0) is 13.0. The van der Waals surface area contributed by atoms with E-state index in [1.54, 1.807) is 0 Å². The molecule has 2 rings (SSSR count). The fourth-order valence-electron chi connectivity index (χ4n) is 1.59. The molecule has 0 fully saturated rings. The Hall–Kier alpha value is -1.37. The van der Waals surface area contributed by atoms with Crippen LogP contribution in [-0.4, -0.2) is 15.7 Å². The van der Waals surface area contributed by atoms with Gasteiger partial charge >= 0.3 is 0 Å². The summed E-state index contributed by atoms with van der Waals surface area (Å²) >= 11 is 2.16. The molecule has 1 N–H and O–H groups in total. The molecule has 1 aromatic heterocycles. The van der Waals surface area contributed by atoms with Crippen molar-refractivity contribution in [2.24, 2.45) is 0 Å². The largest absolute Gasteiger partial charge is 0.346 e. The quantitative estimate of drug-likeness (QED) is 0.857. The number of nitrogens with one attached hydrogen (secondary N) is 1. The highest BCUT2D eigenvalue weighted by molar-refractivity contribution is 14.1. The van der Waals surface area contributed by atoms with Gasteiger partial charge in [0.15, 0.2) is 0 Å². The summed E-state index contributed by atoms with van der Waals surface area (Å²) in [7, 11) is 0. The number of aryl methyl sites for hydroxylation is 1. The lowest BCUT2D eigenvalue weighted by Gasteiger charge is -2.05. The van der Waals surface area contributed by atoms with E-state index >= 15 is 0 Å². The van der Waals surface area contributed by atoms with E-state index in [1.807, 2.05) is 48.1 Å². The fraction of sp³-hybridized carbons (Fsp3) is 0.231. The molecule has 0 spiro atoms. The van der Waals surface area contributed by atoms with Gasteiger partial charge in [-0.2, -0.15) is 5.10 Å². The van der Waals surface area contributed by atoms with Crippen molar-refractivity contribution in [3.63, 3.8) is 0 Å². The lowest BCUT2D eigenvalue weighted by atomic mass is 10.2. The molecule has 0 aliphatic carbocycles. The van der Waals surface area contributed by atoms with Crippen LogP contribution >= 0.6 is 22.6 Å². The third-order valence-electron chi connectivity index (χ3n) is 2.57. The predicted molar refractivity (Wildman–Crippen MR) is 78.2 cm³/mol. The van der Waals surface area contributed by atoms with Gasteiger partial charge in [-0.3, -0.25) is 9.48 Å². The monoisotopic (exact) mass is 355 g/mol. The van der Waals surface area contributed by atoms with Crippen molar-refractivity contribution < 1.29 is 4.79 Å². The molecule has 0 saturated carbocycles. The molecule has 1 aromatic carbocycles. The zero-order valence-electron chi connectivity index (χ0n) is 10.1. The van der Waals surface area contributed by atoms with Crippen LogP contribution in [0.1, 0.15) is 23.0 Å². The number of hydrogen-bond acceptors (Lipinski definition) is 2. The molecule has 0 aliphatic heterocycles. The molecule has 0 radical (unpaired) electrons. The van der Waals surface area contributed by atoms with Gasteiger partial charge in [0.25, 0.3) is 5.91 Å². The summed E-state index contributed by atoms with van der Waals surface area (Å²) in [5.74, 6) is -0.0638. The predicted octanol–water partition coefficient (Wildman–Crippen LogP) is 2.44. The minimum absolute atomic E-state index is 0.0638. The third-order valence-corrected chi connectivity index (χ3v) is 3.51. The average Bonchev–Trinajstić information content (AvgIpc) is 2.84. The van der Waals surface area contributed by atoms with Crippen molar-refractivity contribution in [1.29, 1.82) is 0 Å². The van der Waals surface area contributed by atoms with E-state index < -0.39 is 0 Å². The van der Waals surface area contributed by atoms with Gasteiger partial charge < -0.3 is 5.32 Å². The van der Waals surface area contributed by atoms with Crippen LogP contribution in [0.3, 0.4) is 0 Å². The molecule has 2 aromatic rings. The van der Waals surface area contributed by atoms with Gasteiger partial charge in [0.2, 0.25) is 0 Å². The van der Waals surface area contributed by atoms with Gasteiger partial charge in [-0.15, -0.1) is 0 Å². The molecule has 0 aliphatic rings. The smallest absolute Gasteiger partial charge is 0.252 e. The number of carbonyl (C=O) groups excluding carboxylic acids is 1. The van der Waals surface area contributed by atoms with Gasteiger partial charge in [0.1, 0.15) is 0 Å². The highest BCUT2D eigenvalue weighted by Gasteiger charge is 2.09. The topological polar surface area (TPSA) is 46.9 Å². The van der Waals surface area contributed by atoms with Crippen LogP contribution in [0.5, 0.6) is 0 Å². The molecular weight excluding hydrogens is 341 g/mol. The number of hydrogen-bond donors (Lipinski definition) is 1. The summed E-state index contributed by atoms with van der Waals surface area (Å²) in [6.07, 6.45) is 1.91. The second kappa shape index (κ2) is 5.99. The summed E-state index contributed by atoms with van der Waals surface area (Å²) in [5.41, 5.74) is 1.57. The first kappa shape index (κ1) is 13.1. The van der Waals surface area contributed by atoms with Crippen molar-refractivity contribution in [3.05, 3.63) is 51.4 Å². The van der Waals surface area contributed by atoms with Crippen LogP contribution in [0, 0.1) is 3.57 Å². The summed E-state index contributed by atoms with van der Waals surface area (Å²) in [6, 6.07) is 9.44. The van der Waals surface area contributed by atoms with Crippen molar-refractivity contribution in [1.82, 2.24) is 15.1 Å². The Morgan fingerprint density at radius 3 is 2.83 bits per heavy atom. The lowest BCUT2D eigenvalue weighted by molar-refractivity contribution is 0.0949. The van der Waals surface area contributed by atoms with Crippen LogP contribution in [-0.2, 0) is 13.1 Å². The first-order valence-corrected chi connectivity index (χ1v) is 6.83. The first-order valence-electron chi connectivity index (χ1n) is 5.75. The minimum atomic E-state index is -0.0638. The number of aromatic nitrogens is 2. The lowest BCUT2D eigenvalue weighted by Crippen LogP contribution is -2.23. The fourth-order valence-corrected chi connectivity index (χ4v) is 2.22. The van der Waals surface area contributed by atoms with Crippen LogP contribution < -0.4 is 5.32 Å². The second-order valence-corrected chi connectivity index (χ2v) is 4.99. The standard InChI is InChI=1S/C13H14IN3O/c1-2-17-8-7-10(16-17)9-15-13(18)11-5-3-4-6-12(11)14/h3-8H,2,9H2,1H3,(H,15,18). The summed E-state index contributed by atoms with van der Waals surface area (Å²) in [6.45, 7) is 3.32. The van der Waals surface area contributed by atoms with Crippen LogP contribution in [0.4, 0.5) is 0 Å². The number of carbonyl (C=O) groups is 1. The normalized spacial score (nSPS) is 10.3.